The first-order chi connectivity index (χ1) is 11.7. The van der Waals surface area contributed by atoms with Crippen LogP contribution in [-0.2, 0) is 4.79 Å². The monoisotopic (exact) mass is 370 g/mol. The van der Waals surface area contributed by atoms with Gasteiger partial charge in [-0.05, 0) is 62.9 Å². The molecule has 2 rings (SSSR count). The van der Waals surface area contributed by atoms with Crippen molar-refractivity contribution in [1.82, 2.24) is 5.32 Å². The number of ether oxygens (including phenoxy) is 2. The summed E-state index contributed by atoms with van der Waals surface area (Å²) < 4.78 is 11.1. The van der Waals surface area contributed by atoms with E-state index in [4.69, 9.17) is 15.2 Å². The molecule has 0 aromatic heterocycles. The molecule has 6 heteroatoms. The number of carbonyl (C=O) groups is 1. The van der Waals surface area contributed by atoms with E-state index in [0.717, 1.165) is 24.3 Å². The van der Waals surface area contributed by atoms with Crippen LogP contribution in [-0.4, -0.2) is 31.7 Å². The van der Waals surface area contributed by atoms with Crippen LogP contribution in [0.3, 0.4) is 0 Å². The van der Waals surface area contributed by atoms with Gasteiger partial charge in [-0.2, -0.15) is 0 Å². The van der Waals surface area contributed by atoms with Crippen LogP contribution < -0.4 is 20.5 Å². The maximum absolute atomic E-state index is 12.1. The molecule has 1 aliphatic carbocycles. The second kappa shape index (κ2) is 12.0. The van der Waals surface area contributed by atoms with E-state index in [1.807, 2.05) is 31.2 Å². The van der Waals surface area contributed by atoms with Crippen molar-refractivity contribution in [3.05, 3.63) is 24.3 Å². The van der Waals surface area contributed by atoms with Crippen LogP contribution in [0.15, 0.2) is 24.3 Å². The molecular weight excluding hydrogens is 340 g/mol. The highest BCUT2D eigenvalue weighted by molar-refractivity contribution is 5.85. The summed E-state index contributed by atoms with van der Waals surface area (Å²) in [5, 5.41) is 3.15. The summed E-state index contributed by atoms with van der Waals surface area (Å²) in [6.45, 7) is 3.80. The molecule has 0 bridgehead atoms. The fraction of sp³-hybridized carbons (Fsp3) is 0.632. The van der Waals surface area contributed by atoms with Gasteiger partial charge in [-0.15, -0.1) is 12.4 Å². The highest BCUT2D eigenvalue weighted by Gasteiger charge is 2.24. The van der Waals surface area contributed by atoms with E-state index in [1.54, 1.807) is 0 Å². The minimum Gasteiger partial charge on any atom is -0.494 e. The van der Waals surface area contributed by atoms with Crippen molar-refractivity contribution in [3.63, 3.8) is 0 Å². The van der Waals surface area contributed by atoms with Crippen molar-refractivity contribution < 1.29 is 14.3 Å². The molecule has 0 radical (unpaired) electrons. The molecule has 1 saturated carbocycles. The number of hydrogen-bond donors (Lipinski definition) is 2. The zero-order valence-corrected chi connectivity index (χ0v) is 15.9. The Balaban J connectivity index is 0.00000312. The topological polar surface area (TPSA) is 73.6 Å². The summed E-state index contributed by atoms with van der Waals surface area (Å²) in [4.78, 5) is 12.1. The number of benzene rings is 1. The lowest BCUT2D eigenvalue weighted by Crippen LogP contribution is -2.44. The molecule has 0 aliphatic heterocycles. The second-order valence-corrected chi connectivity index (χ2v) is 6.31. The molecule has 3 N–H and O–H groups in total. The second-order valence-electron chi connectivity index (χ2n) is 6.31. The van der Waals surface area contributed by atoms with Crippen molar-refractivity contribution in [2.45, 2.75) is 51.5 Å². The SMILES string of the molecule is CCOc1ccc(OCCCC(=O)NC2CCCCC2CN)cc1.Cl. The molecule has 1 fully saturated rings. The Morgan fingerprint density at radius 1 is 1.16 bits per heavy atom. The van der Waals surface area contributed by atoms with Crippen LogP contribution in [0.2, 0.25) is 0 Å². The van der Waals surface area contributed by atoms with E-state index >= 15 is 0 Å². The minimum absolute atomic E-state index is 0. The largest absolute Gasteiger partial charge is 0.494 e. The van der Waals surface area contributed by atoms with Crippen LogP contribution in [0.1, 0.15) is 45.4 Å². The van der Waals surface area contributed by atoms with Gasteiger partial charge in [0.25, 0.3) is 0 Å². The highest BCUT2D eigenvalue weighted by Crippen LogP contribution is 2.23. The molecule has 1 aromatic rings. The quantitative estimate of drug-likeness (QED) is 0.654. The fourth-order valence-electron chi connectivity index (χ4n) is 3.18. The standard InChI is InChI=1S/C19H30N2O3.ClH/c1-2-23-16-9-11-17(12-10-16)24-13-5-8-19(22)21-18-7-4-3-6-15(18)14-20;/h9-12,15,18H,2-8,13-14,20H2,1H3,(H,21,22);1H. The molecule has 1 aromatic carbocycles. The Morgan fingerprint density at radius 3 is 2.44 bits per heavy atom. The maximum Gasteiger partial charge on any atom is 0.220 e. The first-order valence-corrected chi connectivity index (χ1v) is 9.08. The van der Waals surface area contributed by atoms with Gasteiger partial charge in [0, 0.05) is 12.5 Å². The molecule has 142 valence electrons. The molecule has 0 saturated heterocycles. The predicted molar refractivity (Wildman–Crippen MR) is 103 cm³/mol. The highest BCUT2D eigenvalue weighted by atomic mass is 35.5. The van der Waals surface area contributed by atoms with Crippen molar-refractivity contribution in [2.24, 2.45) is 11.7 Å². The van der Waals surface area contributed by atoms with Gasteiger partial charge < -0.3 is 20.5 Å². The van der Waals surface area contributed by atoms with Crippen molar-refractivity contribution in [1.29, 1.82) is 0 Å². The number of rotatable bonds is 9. The average Bonchev–Trinajstić information content (AvgIpc) is 2.61. The van der Waals surface area contributed by atoms with Crippen LogP contribution >= 0.6 is 12.4 Å². The third kappa shape index (κ3) is 7.53. The normalized spacial score (nSPS) is 19.6. The zero-order chi connectivity index (χ0) is 17.2. The maximum atomic E-state index is 12.1. The van der Waals surface area contributed by atoms with Crippen LogP contribution in [0.5, 0.6) is 11.5 Å². The zero-order valence-electron chi connectivity index (χ0n) is 15.0. The molecule has 2 atom stereocenters. The Labute approximate surface area is 157 Å². The Hall–Kier alpha value is -1.46. The van der Waals surface area contributed by atoms with E-state index < -0.39 is 0 Å². The lowest BCUT2D eigenvalue weighted by atomic mass is 9.84. The van der Waals surface area contributed by atoms with Crippen LogP contribution in [0.4, 0.5) is 0 Å². The third-order valence-electron chi connectivity index (χ3n) is 4.51. The summed E-state index contributed by atoms with van der Waals surface area (Å²) >= 11 is 0. The number of hydrogen-bond acceptors (Lipinski definition) is 4. The summed E-state index contributed by atoms with van der Waals surface area (Å²) in [5.74, 6) is 2.18. The summed E-state index contributed by atoms with van der Waals surface area (Å²) in [6, 6.07) is 7.81. The van der Waals surface area contributed by atoms with Gasteiger partial charge in [0.2, 0.25) is 5.91 Å². The van der Waals surface area contributed by atoms with Gasteiger partial charge in [0.1, 0.15) is 11.5 Å². The van der Waals surface area contributed by atoms with E-state index in [2.05, 4.69) is 5.32 Å². The van der Waals surface area contributed by atoms with Gasteiger partial charge in [-0.3, -0.25) is 4.79 Å². The predicted octanol–water partition coefficient (Wildman–Crippen LogP) is 3.30. The van der Waals surface area contributed by atoms with E-state index in [0.29, 0.717) is 38.5 Å². The van der Waals surface area contributed by atoms with Crippen molar-refractivity contribution >= 4 is 18.3 Å². The lowest BCUT2D eigenvalue weighted by Gasteiger charge is -2.31. The Kier molecular flexibility index (Phi) is 10.3. The summed E-state index contributed by atoms with van der Waals surface area (Å²) in [5.41, 5.74) is 5.80. The van der Waals surface area contributed by atoms with E-state index in [9.17, 15) is 4.79 Å². The molecular formula is C19H31ClN2O3. The van der Waals surface area contributed by atoms with Gasteiger partial charge in [-0.25, -0.2) is 0 Å². The summed E-state index contributed by atoms with van der Waals surface area (Å²) in [6.07, 6.45) is 5.79. The van der Waals surface area contributed by atoms with Crippen molar-refractivity contribution in [2.75, 3.05) is 19.8 Å². The number of carbonyl (C=O) groups excluding carboxylic acids is 1. The van der Waals surface area contributed by atoms with Gasteiger partial charge in [0.05, 0.1) is 13.2 Å². The fourth-order valence-corrected chi connectivity index (χ4v) is 3.18. The number of halogens is 1. The molecule has 1 amide bonds. The smallest absolute Gasteiger partial charge is 0.220 e. The molecule has 25 heavy (non-hydrogen) atoms. The third-order valence-corrected chi connectivity index (χ3v) is 4.51. The Bertz CT molecular complexity index is 496. The minimum atomic E-state index is 0. The van der Waals surface area contributed by atoms with Crippen LogP contribution in [0, 0.1) is 5.92 Å². The lowest BCUT2D eigenvalue weighted by molar-refractivity contribution is -0.122. The van der Waals surface area contributed by atoms with Gasteiger partial charge >= 0.3 is 0 Å². The van der Waals surface area contributed by atoms with E-state index in [-0.39, 0.29) is 24.4 Å². The molecule has 0 heterocycles. The van der Waals surface area contributed by atoms with E-state index in [1.165, 1.54) is 12.8 Å². The van der Waals surface area contributed by atoms with Gasteiger partial charge in [-0.1, -0.05) is 12.8 Å². The molecule has 1 aliphatic rings. The van der Waals surface area contributed by atoms with Crippen molar-refractivity contribution in [3.8, 4) is 11.5 Å². The average molecular weight is 371 g/mol. The molecule has 5 nitrogen and oxygen atoms in total. The number of nitrogens with two attached hydrogens (primary N) is 1. The molecule has 2 unspecified atom stereocenters. The number of amides is 1. The summed E-state index contributed by atoms with van der Waals surface area (Å²) in [7, 11) is 0. The Morgan fingerprint density at radius 2 is 1.80 bits per heavy atom. The first kappa shape index (κ1) is 21.6. The first-order valence-electron chi connectivity index (χ1n) is 9.08. The van der Waals surface area contributed by atoms with Gasteiger partial charge in [0.15, 0.2) is 0 Å². The molecule has 0 spiro atoms. The van der Waals surface area contributed by atoms with Crippen LogP contribution in [0.25, 0.3) is 0 Å². The number of nitrogens with one attached hydrogen (secondary N) is 1.